The van der Waals surface area contributed by atoms with Crippen LogP contribution in [0.2, 0.25) is 0 Å². The predicted octanol–water partition coefficient (Wildman–Crippen LogP) is -0.539. The van der Waals surface area contributed by atoms with Gasteiger partial charge in [-0.05, 0) is 19.3 Å². The van der Waals surface area contributed by atoms with Crippen molar-refractivity contribution in [1.29, 1.82) is 0 Å². The molecule has 0 aromatic carbocycles. The maximum atomic E-state index is 9.38. The highest BCUT2D eigenvalue weighted by Gasteiger charge is 2.30. The zero-order chi connectivity index (χ0) is 7.68. The first kappa shape index (κ1) is 7.53. The highest BCUT2D eigenvalue weighted by molar-refractivity contribution is 4.92. The van der Waals surface area contributed by atoms with Gasteiger partial charge in [0, 0.05) is 25.2 Å². The average molecular weight is 156 g/mol. The molecule has 2 fully saturated rings. The third kappa shape index (κ3) is 1.55. The Labute approximate surface area is 67.2 Å². The lowest BCUT2D eigenvalue weighted by atomic mass is 9.87. The van der Waals surface area contributed by atoms with E-state index in [1.54, 1.807) is 0 Å². The molecule has 0 spiro atoms. The molecule has 0 amide bonds. The second-order valence-corrected chi connectivity index (χ2v) is 3.59. The van der Waals surface area contributed by atoms with Gasteiger partial charge < -0.3 is 15.7 Å². The van der Waals surface area contributed by atoms with Crippen molar-refractivity contribution in [3.05, 3.63) is 0 Å². The normalized spacial score (nSPS) is 45.0. The number of aliphatic hydroxyl groups excluding tert-OH is 1. The molecule has 3 atom stereocenters. The van der Waals surface area contributed by atoms with E-state index in [0.29, 0.717) is 12.1 Å². The smallest absolute Gasteiger partial charge is 0.0556 e. The molecule has 0 aromatic rings. The fourth-order valence-corrected chi connectivity index (χ4v) is 2.13. The zero-order valence-corrected chi connectivity index (χ0v) is 6.71. The summed E-state index contributed by atoms with van der Waals surface area (Å²) in [6, 6.07) is 1.14. The van der Waals surface area contributed by atoms with Crippen LogP contribution in [0.15, 0.2) is 0 Å². The van der Waals surface area contributed by atoms with Crippen LogP contribution in [0.5, 0.6) is 0 Å². The molecule has 0 unspecified atom stereocenters. The first-order valence-electron chi connectivity index (χ1n) is 4.51. The number of nitrogens with one attached hydrogen (secondary N) is 2. The molecule has 3 nitrogen and oxygen atoms in total. The summed E-state index contributed by atoms with van der Waals surface area (Å²) in [4.78, 5) is 0. The van der Waals surface area contributed by atoms with Crippen LogP contribution in [0.3, 0.4) is 0 Å². The van der Waals surface area contributed by atoms with E-state index in [-0.39, 0.29) is 6.10 Å². The van der Waals surface area contributed by atoms with E-state index in [1.807, 2.05) is 0 Å². The number of piperazine rings is 1. The molecule has 11 heavy (non-hydrogen) atoms. The fraction of sp³-hybridized carbons (Fsp3) is 1.00. The van der Waals surface area contributed by atoms with E-state index >= 15 is 0 Å². The largest absolute Gasteiger partial charge is 0.393 e. The Hall–Kier alpha value is -0.120. The van der Waals surface area contributed by atoms with Gasteiger partial charge in [-0.15, -0.1) is 0 Å². The monoisotopic (exact) mass is 156 g/mol. The number of fused-ring (bicyclic) bond motifs is 1. The maximum absolute atomic E-state index is 9.38. The van der Waals surface area contributed by atoms with Crippen molar-refractivity contribution in [3.63, 3.8) is 0 Å². The Balaban J connectivity index is 1.93. The molecule has 64 valence electrons. The summed E-state index contributed by atoms with van der Waals surface area (Å²) in [5.41, 5.74) is 0. The highest BCUT2D eigenvalue weighted by Crippen LogP contribution is 2.20. The Morgan fingerprint density at radius 2 is 1.73 bits per heavy atom. The van der Waals surface area contributed by atoms with E-state index in [1.165, 1.54) is 0 Å². The lowest BCUT2D eigenvalue weighted by Gasteiger charge is -2.39. The van der Waals surface area contributed by atoms with Crippen molar-refractivity contribution in [2.75, 3.05) is 13.1 Å². The van der Waals surface area contributed by atoms with Gasteiger partial charge in [0.15, 0.2) is 0 Å². The van der Waals surface area contributed by atoms with Crippen molar-refractivity contribution >= 4 is 0 Å². The quantitative estimate of drug-likeness (QED) is 0.441. The van der Waals surface area contributed by atoms with E-state index in [9.17, 15) is 5.11 Å². The zero-order valence-electron chi connectivity index (χ0n) is 6.71. The molecule has 2 rings (SSSR count). The van der Waals surface area contributed by atoms with E-state index in [0.717, 1.165) is 32.4 Å². The van der Waals surface area contributed by atoms with Gasteiger partial charge >= 0.3 is 0 Å². The van der Waals surface area contributed by atoms with E-state index in [2.05, 4.69) is 10.6 Å². The van der Waals surface area contributed by atoms with Crippen LogP contribution in [-0.2, 0) is 0 Å². The molecule has 3 N–H and O–H groups in total. The molecule has 1 aliphatic carbocycles. The summed E-state index contributed by atoms with van der Waals surface area (Å²) >= 11 is 0. The molecule has 0 bridgehead atoms. The summed E-state index contributed by atoms with van der Waals surface area (Å²) in [7, 11) is 0. The van der Waals surface area contributed by atoms with Crippen LogP contribution < -0.4 is 10.6 Å². The molecular weight excluding hydrogens is 140 g/mol. The van der Waals surface area contributed by atoms with Gasteiger partial charge in [-0.2, -0.15) is 0 Å². The van der Waals surface area contributed by atoms with Crippen molar-refractivity contribution in [3.8, 4) is 0 Å². The minimum atomic E-state index is -0.0661. The number of hydrogen-bond acceptors (Lipinski definition) is 3. The predicted molar refractivity (Wildman–Crippen MR) is 43.4 cm³/mol. The first-order valence-corrected chi connectivity index (χ1v) is 4.51. The molecule has 1 aliphatic heterocycles. The van der Waals surface area contributed by atoms with Crippen molar-refractivity contribution in [1.82, 2.24) is 10.6 Å². The summed E-state index contributed by atoms with van der Waals surface area (Å²) in [5, 5.41) is 16.3. The van der Waals surface area contributed by atoms with Crippen LogP contribution in [0.1, 0.15) is 19.3 Å². The van der Waals surface area contributed by atoms with Crippen LogP contribution in [0.25, 0.3) is 0 Å². The third-order valence-electron chi connectivity index (χ3n) is 2.76. The Morgan fingerprint density at radius 3 is 2.55 bits per heavy atom. The SMILES string of the molecule is O[C@@H]1CC[C@@H]2NCCN[C@@H]2C1. The molecule has 0 radical (unpaired) electrons. The molecule has 0 aromatic heterocycles. The van der Waals surface area contributed by atoms with Gasteiger partial charge in [-0.3, -0.25) is 0 Å². The Bertz CT molecular complexity index is 140. The molecule has 2 aliphatic rings. The highest BCUT2D eigenvalue weighted by atomic mass is 16.3. The molecule has 3 heteroatoms. The van der Waals surface area contributed by atoms with Gasteiger partial charge in [-0.1, -0.05) is 0 Å². The van der Waals surface area contributed by atoms with Crippen molar-refractivity contribution in [2.45, 2.75) is 37.5 Å². The minimum absolute atomic E-state index is 0.0661. The van der Waals surface area contributed by atoms with Crippen LogP contribution >= 0.6 is 0 Å². The summed E-state index contributed by atoms with van der Waals surface area (Å²) in [6.45, 7) is 2.13. The molecule has 1 saturated heterocycles. The number of aliphatic hydroxyl groups is 1. The second-order valence-electron chi connectivity index (χ2n) is 3.59. The number of hydrogen-bond donors (Lipinski definition) is 3. The van der Waals surface area contributed by atoms with Gasteiger partial charge in [0.05, 0.1) is 6.10 Å². The van der Waals surface area contributed by atoms with Crippen molar-refractivity contribution in [2.24, 2.45) is 0 Å². The van der Waals surface area contributed by atoms with Gasteiger partial charge in [0.1, 0.15) is 0 Å². The standard InChI is InChI=1S/C8H16N2O/c11-6-1-2-7-8(5-6)10-4-3-9-7/h6-11H,1-5H2/t6-,7+,8-/m1/s1. The first-order chi connectivity index (χ1) is 5.36. The summed E-state index contributed by atoms with van der Waals surface area (Å²) < 4.78 is 0. The van der Waals surface area contributed by atoms with Crippen LogP contribution in [0, 0.1) is 0 Å². The Kier molecular flexibility index (Phi) is 2.11. The maximum Gasteiger partial charge on any atom is 0.0556 e. The molecule has 1 saturated carbocycles. The van der Waals surface area contributed by atoms with Gasteiger partial charge in [-0.25, -0.2) is 0 Å². The molecular formula is C8H16N2O. The van der Waals surface area contributed by atoms with E-state index in [4.69, 9.17) is 0 Å². The lowest BCUT2D eigenvalue weighted by molar-refractivity contribution is 0.0870. The molecule has 1 heterocycles. The van der Waals surface area contributed by atoms with Gasteiger partial charge in [0.2, 0.25) is 0 Å². The minimum Gasteiger partial charge on any atom is -0.393 e. The summed E-state index contributed by atoms with van der Waals surface area (Å²) in [5.74, 6) is 0. The Morgan fingerprint density at radius 1 is 1.00 bits per heavy atom. The van der Waals surface area contributed by atoms with Gasteiger partial charge in [0.25, 0.3) is 0 Å². The van der Waals surface area contributed by atoms with Crippen molar-refractivity contribution < 1.29 is 5.11 Å². The average Bonchev–Trinajstić information content (AvgIpc) is 2.04. The summed E-state index contributed by atoms with van der Waals surface area (Å²) in [6.07, 6.45) is 2.95. The van der Waals surface area contributed by atoms with Crippen LogP contribution in [-0.4, -0.2) is 36.4 Å². The van der Waals surface area contributed by atoms with Crippen LogP contribution in [0.4, 0.5) is 0 Å². The topological polar surface area (TPSA) is 44.3 Å². The number of rotatable bonds is 0. The van der Waals surface area contributed by atoms with E-state index < -0.39 is 0 Å². The lowest BCUT2D eigenvalue weighted by Crippen LogP contribution is -2.58. The third-order valence-corrected chi connectivity index (χ3v) is 2.76. The second kappa shape index (κ2) is 3.09. The fourth-order valence-electron chi connectivity index (χ4n) is 2.13.